The Balaban J connectivity index is 1.47. The molecule has 2 aliphatic heterocycles. The lowest BCUT2D eigenvalue weighted by molar-refractivity contribution is -0.137. The largest absolute Gasteiger partial charge is 0.416 e. The number of carbonyl (C=O) groups is 1. The van der Waals surface area contributed by atoms with Gasteiger partial charge in [-0.15, -0.1) is 0 Å². The molecule has 1 unspecified atom stereocenters. The third-order valence-electron chi connectivity index (χ3n) is 5.74. The normalized spacial score (nSPS) is 20.4. The average molecular weight is 403 g/mol. The van der Waals surface area contributed by atoms with Crippen LogP contribution >= 0.6 is 0 Å². The number of anilines is 2. The van der Waals surface area contributed by atoms with Gasteiger partial charge >= 0.3 is 6.18 Å². The van der Waals surface area contributed by atoms with Crippen LogP contribution in [0.25, 0.3) is 0 Å². The van der Waals surface area contributed by atoms with E-state index in [-0.39, 0.29) is 11.8 Å². The molecule has 0 aliphatic carbocycles. The van der Waals surface area contributed by atoms with Crippen LogP contribution in [0.1, 0.15) is 17.5 Å². The molecule has 4 rings (SSSR count). The number of piperazine rings is 1. The molecule has 154 valence electrons. The minimum atomic E-state index is -4.37. The summed E-state index contributed by atoms with van der Waals surface area (Å²) in [5, 5.41) is 3.35. The number of benzene rings is 2. The van der Waals surface area contributed by atoms with Gasteiger partial charge in [0.2, 0.25) is 5.91 Å². The number of amides is 1. The summed E-state index contributed by atoms with van der Waals surface area (Å²) in [5.41, 5.74) is 2.16. The fourth-order valence-corrected chi connectivity index (χ4v) is 4.18. The Kier molecular flexibility index (Phi) is 5.50. The molecule has 0 bridgehead atoms. The molecule has 1 amide bonds. The number of alkyl halides is 3. The topological polar surface area (TPSA) is 35.6 Å². The summed E-state index contributed by atoms with van der Waals surface area (Å²) in [6, 6.07) is 13.0. The molecule has 0 spiro atoms. The Morgan fingerprint density at radius 2 is 1.66 bits per heavy atom. The molecule has 1 atom stereocenters. The molecule has 29 heavy (non-hydrogen) atoms. The summed E-state index contributed by atoms with van der Waals surface area (Å²) >= 11 is 0. The van der Waals surface area contributed by atoms with Crippen molar-refractivity contribution >= 4 is 17.3 Å². The van der Waals surface area contributed by atoms with Crippen LogP contribution in [0.2, 0.25) is 0 Å². The van der Waals surface area contributed by atoms with Crippen LogP contribution in [0.4, 0.5) is 24.5 Å². The highest BCUT2D eigenvalue weighted by molar-refractivity contribution is 5.97. The Bertz CT molecular complexity index is 860. The van der Waals surface area contributed by atoms with Gasteiger partial charge in [-0.2, -0.15) is 13.2 Å². The molecule has 2 saturated heterocycles. The lowest BCUT2D eigenvalue weighted by atomic mass is 9.96. The fraction of sp³-hybridized carbons (Fsp3) is 0.409. The second-order valence-corrected chi connectivity index (χ2v) is 7.59. The van der Waals surface area contributed by atoms with Gasteiger partial charge in [0.25, 0.3) is 0 Å². The van der Waals surface area contributed by atoms with Crippen molar-refractivity contribution in [2.75, 3.05) is 42.5 Å². The number of carbonyl (C=O) groups excluding carboxylic acids is 1. The number of nitrogens with one attached hydrogen (secondary N) is 1. The third-order valence-corrected chi connectivity index (χ3v) is 5.74. The van der Waals surface area contributed by atoms with Crippen molar-refractivity contribution in [1.82, 2.24) is 5.32 Å². The Labute approximate surface area is 168 Å². The van der Waals surface area contributed by atoms with Crippen molar-refractivity contribution in [2.45, 2.75) is 19.0 Å². The van der Waals surface area contributed by atoms with Crippen LogP contribution in [0, 0.1) is 5.92 Å². The van der Waals surface area contributed by atoms with E-state index in [4.69, 9.17) is 0 Å². The van der Waals surface area contributed by atoms with Crippen LogP contribution in [0.15, 0.2) is 48.5 Å². The van der Waals surface area contributed by atoms with E-state index >= 15 is 0 Å². The van der Waals surface area contributed by atoms with Gasteiger partial charge in [0.15, 0.2) is 0 Å². The molecule has 2 aromatic carbocycles. The summed E-state index contributed by atoms with van der Waals surface area (Å²) in [7, 11) is 0. The number of para-hydroxylation sites is 1. The standard InChI is InChI=1S/C22H24F3N3O/c23-22(24,25)18-5-7-19(8-6-18)28-12-9-17(21(28)29)15-16-3-1-2-4-20(16)27-13-10-26-11-14-27/h1-8,17,26H,9-15H2. The van der Waals surface area contributed by atoms with E-state index in [0.29, 0.717) is 25.1 Å². The van der Waals surface area contributed by atoms with Crippen molar-refractivity contribution < 1.29 is 18.0 Å². The minimum Gasteiger partial charge on any atom is -0.369 e. The second-order valence-electron chi connectivity index (χ2n) is 7.59. The zero-order valence-corrected chi connectivity index (χ0v) is 16.1. The van der Waals surface area contributed by atoms with Crippen LogP contribution in [0.3, 0.4) is 0 Å². The summed E-state index contributed by atoms with van der Waals surface area (Å²) < 4.78 is 38.3. The van der Waals surface area contributed by atoms with E-state index in [2.05, 4.69) is 22.3 Å². The number of halogens is 3. The van der Waals surface area contributed by atoms with Crippen molar-refractivity contribution in [3.8, 4) is 0 Å². The highest BCUT2D eigenvalue weighted by atomic mass is 19.4. The molecule has 2 fully saturated rings. The summed E-state index contributed by atoms with van der Waals surface area (Å²) in [6.07, 6.45) is -3.02. The number of hydrogen-bond acceptors (Lipinski definition) is 3. The highest BCUT2D eigenvalue weighted by Gasteiger charge is 2.34. The molecule has 0 radical (unpaired) electrons. The van der Waals surface area contributed by atoms with Gasteiger partial charge in [-0.1, -0.05) is 18.2 Å². The van der Waals surface area contributed by atoms with Crippen molar-refractivity contribution in [1.29, 1.82) is 0 Å². The number of rotatable bonds is 4. The monoisotopic (exact) mass is 403 g/mol. The Morgan fingerprint density at radius 1 is 0.966 bits per heavy atom. The Morgan fingerprint density at radius 3 is 2.34 bits per heavy atom. The van der Waals surface area contributed by atoms with E-state index in [9.17, 15) is 18.0 Å². The molecule has 0 saturated carbocycles. The first-order valence-electron chi connectivity index (χ1n) is 9.96. The van der Waals surface area contributed by atoms with E-state index in [1.807, 2.05) is 12.1 Å². The van der Waals surface area contributed by atoms with Crippen LogP contribution < -0.4 is 15.1 Å². The van der Waals surface area contributed by atoms with Crippen molar-refractivity contribution in [3.63, 3.8) is 0 Å². The SMILES string of the molecule is O=C1C(Cc2ccccc2N2CCNCC2)CCN1c1ccc(C(F)(F)F)cc1. The van der Waals surface area contributed by atoms with E-state index in [1.165, 1.54) is 17.8 Å². The maximum Gasteiger partial charge on any atom is 0.416 e. The predicted octanol–water partition coefficient (Wildman–Crippen LogP) is 3.71. The zero-order chi connectivity index (χ0) is 20.4. The smallest absolute Gasteiger partial charge is 0.369 e. The molecule has 0 aromatic heterocycles. The summed E-state index contributed by atoms with van der Waals surface area (Å²) in [6.45, 7) is 4.29. The maximum atomic E-state index is 13.0. The maximum absolute atomic E-state index is 13.0. The van der Waals surface area contributed by atoms with E-state index in [1.54, 1.807) is 4.90 Å². The Hall–Kier alpha value is -2.54. The highest BCUT2D eigenvalue weighted by Crippen LogP contribution is 2.33. The van der Waals surface area contributed by atoms with Gasteiger partial charge in [0.05, 0.1) is 5.56 Å². The molecule has 1 N–H and O–H groups in total. The van der Waals surface area contributed by atoms with Crippen LogP contribution in [-0.2, 0) is 17.4 Å². The van der Waals surface area contributed by atoms with E-state index < -0.39 is 11.7 Å². The molecule has 2 aromatic rings. The van der Waals surface area contributed by atoms with E-state index in [0.717, 1.165) is 43.9 Å². The van der Waals surface area contributed by atoms with Gasteiger partial charge < -0.3 is 15.1 Å². The zero-order valence-electron chi connectivity index (χ0n) is 16.1. The number of hydrogen-bond donors (Lipinski definition) is 1. The third kappa shape index (κ3) is 4.24. The average Bonchev–Trinajstić information content (AvgIpc) is 3.09. The predicted molar refractivity (Wildman–Crippen MR) is 107 cm³/mol. The fourth-order valence-electron chi connectivity index (χ4n) is 4.18. The van der Waals surface area contributed by atoms with Gasteiger partial charge in [-0.3, -0.25) is 4.79 Å². The quantitative estimate of drug-likeness (QED) is 0.846. The van der Waals surface area contributed by atoms with Gasteiger partial charge in [-0.05, 0) is 48.7 Å². The molecular formula is C22H24F3N3O. The summed E-state index contributed by atoms with van der Waals surface area (Å²) in [4.78, 5) is 16.9. The molecule has 2 heterocycles. The van der Waals surface area contributed by atoms with Gasteiger partial charge in [-0.25, -0.2) is 0 Å². The molecule has 4 nitrogen and oxygen atoms in total. The van der Waals surface area contributed by atoms with Crippen molar-refractivity contribution in [3.05, 3.63) is 59.7 Å². The lowest BCUT2D eigenvalue weighted by Crippen LogP contribution is -2.44. The molecule has 7 heteroatoms. The van der Waals surface area contributed by atoms with Crippen LogP contribution in [0.5, 0.6) is 0 Å². The van der Waals surface area contributed by atoms with Gasteiger partial charge in [0, 0.05) is 50.0 Å². The van der Waals surface area contributed by atoms with Crippen LogP contribution in [-0.4, -0.2) is 38.6 Å². The number of nitrogens with zero attached hydrogens (tertiary/aromatic N) is 2. The van der Waals surface area contributed by atoms with Crippen molar-refractivity contribution in [2.24, 2.45) is 5.92 Å². The van der Waals surface area contributed by atoms with Gasteiger partial charge in [0.1, 0.15) is 0 Å². The first kappa shape index (κ1) is 19.8. The second kappa shape index (κ2) is 8.06. The molecule has 2 aliphatic rings. The first-order valence-corrected chi connectivity index (χ1v) is 9.96. The summed E-state index contributed by atoms with van der Waals surface area (Å²) in [5.74, 6) is -0.166. The molecular weight excluding hydrogens is 379 g/mol. The lowest BCUT2D eigenvalue weighted by Gasteiger charge is -2.31. The first-order chi connectivity index (χ1) is 13.9. The minimum absolute atomic E-state index is 0.0140.